The van der Waals surface area contributed by atoms with Crippen LogP contribution in [0, 0.1) is 0 Å². The van der Waals surface area contributed by atoms with Gasteiger partial charge in [-0.25, -0.2) is 0 Å². The van der Waals surface area contributed by atoms with Crippen molar-refractivity contribution < 1.29 is 4.74 Å². The molecule has 0 atom stereocenters. The molecule has 1 heterocycles. The molecule has 0 radical (unpaired) electrons. The number of ether oxygens (including phenoxy) is 1. The molecule has 1 rings (SSSR count). The summed E-state index contributed by atoms with van der Waals surface area (Å²) < 4.78 is 7.66. The van der Waals surface area contributed by atoms with E-state index in [4.69, 9.17) is 4.74 Å². The maximum Gasteiger partial charge on any atom is 0.159 e. The first kappa shape index (κ1) is 12.6. The summed E-state index contributed by atoms with van der Waals surface area (Å²) in [7, 11) is 0. The molecule has 0 aliphatic heterocycles. The van der Waals surface area contributed by atoms with Crippen LogP contribution in [0.4, 0.5) is 0 Å². The number of halogens is 1. The summed E-state index contributed by atoms with van der Waals surface area (Å²) in [6.45, 7) is 7.67. The molecular weight excluding hydrogens is 258 g/mol. The lowest BCUT2D eigenvalue weighted by molar-refractivity contribution is 0.0591. The van der Waals surface area contributed by atoms with E-state index in [2.05, 4.69) is 37.6 Å². The van der Waals surface area contributed by atoms with E-state index in [1.807, 2.05) is 13.8 Å². The third-order valence-electron chi connectivity index (χ3n) is 2.02. The van der Waals surface area contributed by atoms with Crippen LogP contribution < -0.4 is 0 Å². The average molecular weight is 276 g/mol. The molecule has 5 heteroatoms. The topological polar surface area (TPSA) is 39.9 Å². The summed E-state index contributed by atoms with van der Waals surface area (Å²) in [5.41, 5.74) is 0. The van der Waals surface area contributed by atoms with Gasteiger partial charge in [0.25, 0.3) is 0 Å². The molecule has 0 aliphatic carbocycles. The highest BCUT2D eigenvalue weighted by Crippen LogP contribution is 2.09. The fraction of sp³-hybridized carbons (Fsp3) is 0.800. The number of hydrogen-bond donors (Lipinski definition) is 0. The second-order valence-corrected chi connectivity index (χ2v) is 4.24. The van der Waals surface area contributed by atoms with Crippen molar-refractivity contribution in [2.24, 2.45) is 0 Å². The van der Waals surface area contributed by atoms with Crippen LogP contribution in [-0.2, 0) is 23.2 Å². The van der Waals surface area contributed by atoms with Gasteiger partial charge in [-0.15, -0.1) is 10.2 Å². The van der Waals surface area contributed by atoms with E-state index in [9.17, 15) is 0 Å². The molecule has 0 unspecified atom stereocenters. The molecule has 0 spiro atoms. The minimum absolute atomic E-state index is 0.226. The Balaban J connectivity index is 2.72. The van der Waals surface area contributed by atoms with E-state index in [-0.39, 0.29) is 6.10 Å². The van der Waals surface area contributed by atoms with E-state index in [0.717, 1.165) is 29.9 Å². The van der Waals surface area contributed by atoms with Gasteiger partial charge < -0.3 is 9.30 Å². The van der Waals surface area contributed by atoms with Gasteiger partial charge in [-0.05, 0) is 20.3 Å². The molecule has 1 aromatic heterocycles. The summed E-state index contributed by atoms with van der Waals surface area (Å²) in [4.78, 5) is 0. The van der Waals surface area contributed by atoms with Crippen molar-refractivity contribution >= 4 is 15.9 Å². The van der Waals surface area contributed by atoms with Crippen molar-refractivity contribution in [1.29, 1.82) is 0 Å². The molecule has 0 amide bonds. The molecule has 0 saturated carbocycles. The highest BCUT2D eigenvalue weighted by molar-refractivity contribution is 9.08. The van der Waals surface area contributed by atoms with Gasteiger partial charge in [0, 0.05) is 6.54 Å². The van der Waals surface area contributed by atoms with Gasteiger partial charge in [-0.3, -0.25) is 0 Å². The maximum absolute atomic E-state index is 5.53. The summed E-state index contributed by atoms with van der Waals surface area (Å²) in [6, 6.07) is 0. The summed E-state index contributed by atoms with van der Waals surface area (Å²) >= 11 is 3.41. The second kappa shape index (κ2) is 6.23. The van der Waals surface area contributed by atoms with Gasteiger partial charge in [0.15, 0.2) is 5.82 Å². The van der Waals surface area contributed by atoms with Crippen molar-refractivity contribution in [3.63, 3.8) is 0 Å². The predicted octanol–water partition coefficient (Wildman–Crippen LogP) is 2.51. The zero-order chi connectivity index (χ0) is 11.3. The Morgan fingerprint density at radius 1 is 1.33 bits per heavy atom. The lowest BCUT2D eigenvalue weighted by Crippen LogP contribution is -2.10. The van der Waals surface area contributed by atoms with Crippen molar-refractivity contribution in [2.45, 2.75) is 51.8 Å². The fourth-order valence-corrected chi connectivity index (χ4v) is 1.72. The molecular formula is C10H18BrN3O. The molecule has 15 heavy (non-hydrogen) atoms. The number of hydrogen-bond acceptors (Lipinski definition) is 3. The normalized spacial score (nSPS) is 11.3. The maximum atomic E-state index is 5.53. The van der Waals surface area contributed by atoms with Gasteiger partial charge in [0.05, 0.1) is 11.4 Å². The van der Waals surface area contributed by atoms with E-state index < -0.39 is 0 Å². The van der Waals surface area contributed by atoms with E-state index in [1.54, 1.807) is 0 Å². The first-order valence-corrected chi connectivity index (χ1v) is 6.39. The summed E-state index contributed by atoms with van der Waals surface area (Å²) in [5.74, 6) is 1.89. The minimum Gasteiger partial charge on any atom is -0.371 e. The third kappa shape index (κ3) is 3.57. The quantitative estimate of drug-likeness (QED) is 0.749. The Hall–Kier alpha value is -0.420. The van der Waals surface area contributed by atoms with Gasteiger partial charge in [0.1, 0.15) is 12.4 Å². The van der Waals surface area contributed by atoms with Gasteiger partial charge in [-0.1, -0.05) is 22.9 Å². The smallest absolute Gasteiger partial charge is 0.159 e. The molecule has 86 valence electrons. The van der Waals surface area contributed by atoms with Gasteiger partial charge in [0.2, 0.25) is 0 Å². The fourth-order valence-electron chi connectivity index (χ4n) is 1.30. The van der Waals surface area contributed by atoms with Crippen LogP contribution in [0.15, 0.2) is 0 Å². The van der Waals surface area contributed by atoms with Crippen LogP contribution in [0.5, 0.6) is 0 Å². The minimum atomic E-state index is 0.226. The van der Waals surface area contributed by atoms with Crippen LogP contribution in [-0.4, -0.2) is 20.9 Å². The highest BCUT2D eigenvalue weighted by atomic mass is 79.9. The molecule has 0 aromatic carbocycles. The van der Waals surface area contributed by atoms with E-state index in [1.165, 1.54) is 0 Å². The molecule has 0 N–H and O–H groups in total. The Morgan fingerprint density at radius 2 is 2.00 bits per heavy atom. The Kier molecular flexibility index (Phi) is 5.25. The van der Waals surface area contributed by atoms with Crippen molar-refractivity contribution in [1.82, 2.24) is 14.8 Å². The predicted molar refractivity (Wildman–Crippen MR) is 62.9 cm³/mol. The van der Waals surface area contributed by atoms with Crippen LogP contribution in [0.1, 0.15) is 38.8 Å². The average Bonchev–Trinajstić information content (AvgIpc) is 2.58. The number of aromatic nitrogens is 3. The SMILES string of the molecule is CCCn1c(CBr)nnc1COC(C)C. The Morgan fingerprint density at radius 3 is 2.53 bits per heavy atom. The number of nitrogens with zero attached hydrogens (tertiary/aromatic N) is 3. The van der Waals surface area contributed by atoms with E-state index in [0.29, 0.717) is 6.61 Å². The molecule has 0 bridgehead atoms. The summed E-state index contributed by atoms with van der Waals surface area (Å²) in [5, 5.41) is 8.99. The molecule has 1 aromatic rings. The monoisotopic (exact) mass is 275 g/mol. The first-order chi connectivity index (χ1) is 7.19. The summed E-state index contributed by atoms with van der Waals surface area (Å²) in [6.07, 6.45) is 1.30. The zero-order valence-electron chi connectivity index (χ0n) is 9.53. The van der Waals surface area contributed by atoms with Crippen LogP contribution in [0.25, 0.3) is 0 Å². The molecule has 0 fully saturated rings. The Labute approximate surface area is 99.2 Å². The van der Waals surface area contributed by atoms with Crippen LogP contribution >= 0.6 is 15.9 Å². The zero-order valence-corrected chi connectivity index (χ0v) is 11.1. The largest absolute Gasteiger partial charge is 0.371 e. The third-order valence-corrected chi connectivity index (χ3v) is 2.52. The van der Waals surface area contributed by atoms with Crippen molar-refractivity contribution in [2.75, 3.05) is 0 Å². The molecule has 4 nitrogen and oxygen atoms in total. The standard InChI is InChI=1S/C10H18BrN3O/c1-4-5-14-9(6-11)12-13-10(14)7-15-8(2)3/h8H,4-7H2,1-3H3. The Bertz CT molecular complexity index is 299. The molecule has 0 saturated heterocycles. The first-order valence-electron chi connectivity index (χ1n) is 5.27. The lowest BCUT2D eigenvalue weighted by atomic mass is 10.4. The highest BCUT2D eigenvalue weighted by Gasteiger charge is 2.10. The van der Waals surface area contributed by atoms with Crippen LogP contribution in [0.3, 0.4) is 0 Å². The van der Waals surface area contributed by atoms with Gasteiger partial charge in [-0.2, -0.15) is 0 Å². The van der Waals surface area contributed by atoms with Crippen LogP contribution in [0.2, 0.25) is 0 Å². The van der Waals surface area contributed by atoms with E-state index >= 15 is 0 Å². The number of alkyl halides is 1. The van der Waals surface area contributed by atoms with Gasteiger partial charge >= 0.3 is 0 Å². The lowest BCUT2D eigenvalue weighted by Gasteiger charge is -2.09. The molecule has 0 aliphatic rings. The van der Waals surface area contributed by atoms with Crippen molar-refractivity contribution in [3.8, 4) is 0 Å². The second-order valence-electron chi connectivity index (χ2n) is 3.68. The van der Waals surface area contributed by atoms with Crippen molar-refractivity contribution in [3.05, 3.63) is 11.6 Å². The number of rotatable bonds is 6.